The van der Waals surface area contributed by atoms with Crippen molar-refractivity contribution in [2.45, 2.75) is 50.3 Å². The summed E-state index contributed by atoms with van der Waals surface area (Å²) in [5.74, 6) is 0.322. The standard InChI is InChI=1S/C11H17BrO/c1-2-3-4-6-9-7-5-8-10(12)11(9)13/h7,10H,2-6,8H2,1H3. The van der Waals surface area contributed by atoms with Gasteiger partial charge in [-0.2, -0.15) is 0 Å². The van der Waals surface area contributed by atoms with Crippen LogP contribution in [0.25, 0.3) is 0 Å². The normalized spacial score (nSPS) is 23.1. The summed E-state index contributed by atoms with van der Waals surface area (Å²) in [7, 11) is 0. The molecule has 0 saturated carbocycles. The highest BCUT2D eigenvalue weighted by Gasteiger charge is 2.21. The minimum Gasteiger partial charge on any atom is -0.293 e. The lowest BCUT2D eigenvalue weighted by molar-refractivity contribution is -0.115. The van der Waals surface area contributed by atoms with Gasteiger partial charge in [-0.3, -0.25) is 4.79 Å². The highest BCUT2D eigenvalue weighted by atomic mass is 79.9. The molecule has 74 valence electrons. The second kappa shape index (κ2) is 5.58. The second-order valence-electron chi connectivity index (χ2n) is 3.60. The molecule has 0 aromatic rings. The van der Waals surface area contributed by atoms with Crippen molar-refractivity contribution in [1.29, 1.82) is 0 Å². The van der Waals surface area contributed by atoms with E-state index in [-0.39, 0.29) is 4.83 Å². The van der Waals surface area contributed by atoms with E-state index in [9.17, 15) is 4.79 Å². The molecule has 0 radical (unpaired) electrons. The van der Waals surface area contributed by atoms with E-state index in [1.165, 1.54) is 12.8 Å². The molecule has 0 bridgehead atoms. The fourth-order valence-corrected chi connectivity index (χ4v) is 2.19. The molecule has 1 aliphatic carbocycles. The maximum atomic E-state index is 11.6. The average Bonchev–Trinajstić information content (AvgIpc) is 2.13. The van der Waals surface area contributed by atoms with Crippen molar-refractivity contribution in [3.8, 4) is 0 Å². The monoisotopic (exact) mass is 244 g/mol. The first kappa shape index (κ1) is 11.0. The van der Waals surface area contributed by atoms with E-state index in [1.54, 1.807) is 0 Å². The van der Waals surface area contributed by atoms with Crippen LogP contribution in [0.1, 0.15) is 45.4 Å². The molecule has 1 rings (SSSR count). The smallest absolute Gasteiger partial charge is 0.172 e. The molecule has 0 saturated heterocycles. The van der Waals surface area contributed by atoms with Crippen LogP contribution in [-0.2, 0) is 4.79 Å². The molecule has 1 unspecified atom stereocenters. The van der Waals surface area contributed by atoms with Gasteiger partial charge in [0.15, 0.2) is 5.78 Å². The van der Waals surface area contributed by atoms with Gasteiger partial charge >= 0.3 is 0 Å². The summed E-state index contributed by atoms with van der Waals surface area (Å²) in [5.41, 5.74) is 1.06. The van der Waals surface area contributed by atoms with Gasteiger partial charge in [0.1, 0.15) is 0 Å². The van der Waals surface area contributed by atoms with Gasteiger partial charge in [-0.15, -0.1) is 0 Å². The van der Waals surface area contributed by atoms with Crippen molar-refractivity contribution in [3.05, 3.63) is 11.6 Å². The molecule has 0 aromatic heterocycles. The molecule has 0 N–H and O–H groups in total. The summed E-state index contributed by atoms with van der Waals surface area (Å²) in [4.78, 5) is 11.7. The number of ketones is 1. The molecule has 1 atom stereocenters. The fraction of sp³-hybridized carbons (Fsp3) is 0.727. The number of Topliss-reactive ketones (excluding diaryl/α,β-unsaturated/α-hetero) is 1. The number of allylic oxidation sites excluding steroid dienone is 2. The van der Waals surface area contributed by atoms with Crippen LogP contribution in [0, 0.1) is 0 Å². The number of rotatable bonds is 4. The zero-order chi connectivity index (χ0) is 9.68. The van der Waals surface area contributed by atoms with Crippen molar-refractivity contribution < 1.29 is 4.79 Å². The molecule has 0 aromatic carbocycles. The molecule has 2 heteroatoms. The lowest BCUT2D eigenvalue weighted by Crippen LogP contribution is -2.19. The van der Waals surface area contributed by atoms with E-state index in [2.05, 4.69) is 28.9 Å². The molecule has 1 nitrogen and oxygen atoms in total. The zero-order valence-electron chi connectivity index (χ0n) is 8.18. The summed E-state index contributed by atoms with van der Waals surface area (Å²) in [6.45, 7) is 2.18. The van der Waals surface area contributed by atoms with E-state index >= 15 is 0 Å². The van der Waals surface area contributed by atoms with Gasteiger partial charge in [-0.1, -0.05) is 41.8 Å². The van der Waals surface area contributed by atoms with Crippen molar-refractivity contribution in [3.63, 3.8) is 0 Å². The number of unbranched alkanes of at least 4 members (excludes halogenated alkanes) is 2. The van der Waals surface area contributed by atoms with Crippen LogP contribution < -0.4 is 0 Å². The topological polar surface area (TPSA) is 17.1 Å². The fourth-order valence-electron chi connectivity index (χ4n) is 1.63. The molecule has 0 fully saturated rings. The van der Waals surface area contributed by atoms with E-state index in [4.69, 9.17) is 0 Å². The Kier molecular flexibility index (Phi) is 4.71. The summed E-state index contributed by atoms with van der Waals surface area (Å²) < 4.78 is 0. The molecular formula is C11H17BrO. The first-order valence-electron chi connectivity index (χ1n) is 5.13. The van der Waals surface area contributed by atoms with Crippen molar-refractivity contribution >= 4 is 21.7 Å². The van der Waals surface area contributed by atoms with Gasteiger partial charge in [0.05, 0.1) is 4.83 Å². The van der Waals surface area contributed by atoms with Gasteiger partial charge in [0.25, 0.3) is 0 Å². The van der Waals surface area contributed by atoms with Crippen LogP contribution in [0.15, 0.2) is 11.6 Å². The van der Waals surface area contributed by atoms with Gasteiger partial charge in [-0.05, 0) is 31.3 Å². The van der Waals surface area contributed by atoms with Crippen LogP contribution in [0.4, 0.5) is 0 Å². The third-order valence-electron chi connectivity index (χ3n) is 2.46. The summed E-state index contributed by atoms with van der Waals surface area (Å²) in [6, 6.07) is 0. The first-order valence-corrected chi connectivity index (χ1v) is 6.04. The quantitative estimate of drug-likeness (QED) is 0.546. The number of carbonyl (C=O) groups excluding carboxylic acids is 1. The van der Waals surface area contributed by atoms with Crippen LogP contribution in [0.3, 0.4) is 0 Å². The minimum absolute atomic E-state index is 0.0918. The van der Waals surface area contributed by atoms with Gasteiger partial charge in [-0.25, -0.2) is 0 Å². The highest BCUT2D eigenvalue weighted by Crippen LogP contribution is 2.24. The van der Waals surface area contributed by atoms with Crippen molar-refractivity contribution in [2.24, 2.45) is 0 Å². The molecule has 0 aliphatic heterocycles. The summed E-state index contributed by atoms with van der Waals surface area (Å²) in [5, 5.41) is 0. The van der Waals surface area contributed by atoms with Crippen molar-refractivity contribution in [2.75, 3.05) is 0 Å². The zero-order valence-corrected chi connectivity index (χ0v) is 9.77. The molecule has 1 aliphatic rings. The van der Waals surface area contributed by atoms with E-state index in [1.807, 2.05) is 0 Å². The predicted molar refractivity (Wildman–Crippen MR) is 59.2 cm³/mol. The predicted octanol–water partition coefficient (Wildman–Crippen LogP) is 3.62. The summed E-state index contributed by atoms with van der Waals surface area (Å²) >= 11 is 3.41. The Hall–Kier alpha value is -0.110. The Morgan fingerprint density at radius 3 is 3.00 bits per heavy atom. The van der Waals surface area contributed by atoms with E-state index in [0.29, 0.717) is 5.78 Å². The van der Waals surface area contributed by atoms with Gasteiger partial charge in [0, 0.05) is 0 Å². The Morgan fingerprint density at radius 1 is 1.54 bits per heavy atom. The average molecular weight is 245 g/mol. The van der Waals surface area contributed by atoms with Crippen LogP contribution in [0.5, 0.6) is 0 Å². The Balaban J connectivity index is 2.39. The number of hydrogen-bond acceptors (Lipinski definition) is 1. The number of alkyl halides is 1. The van der Waals surface area contributed by atoms with Crippen LogP contribution in [0.2, 0.25) is 0 Å². The maximum Gasteiger partial charge on any atom is 0.172 e. The highest BCUT2D eigenvalue weighted by molar-refractivity contribution is 9.10. The molecule has 0 amide bonds. The molecule has 0 heterocycles. The lowest BCUT2D eigenvalue weighted by Gasteiger charge is -2.16. The maximum absolute atomic E-state index is 11.6. The molecular weight excluding hydrogens is 228 g/mol. The Labute approximate surface area is 88.7 Å². The van der Waals surface area contributed by atoms with Crippen LogP contribution >= 0.6 is 15.9 Å². The van der Waals surface area contributed by atoms with Crippen molar-refractivity contribution in [1.82, 2.24) is 0 Å². The van der Waals surface area contributed by atoms with Gasteiger partial charge in [0.2, 0.25) is 0 Å². The van der Waals surface area contributed by atoms with E-state index < -0.39 is 0 Å². The number of carbonyl (C=O) groups is 1. The minimum atomic E-state index is 0.0918. The van der Waals surface area contributed by atoms with E-state index in [0.717, 1.165) is 31.3 Å². The number of halogens is 1. The van der Waals surface area contributed by atoms with Crippen LogP contribution in [-0.4, -0.2) is 10.6 Å². The molecule has 0 spiro atoms. The second-order valence-corrected chi connectivity index (χ2v) is 4.70. The van der Waals surface area contributed by atoms with Gasteiger partial charge < -0.3 is 0 Å². The lowest BCUT2D eigenvalue weighted by atomic mass is 9.94. The SMILES string of the molecule is CCCCCC1=CCCC(Br)C1=O. The summed E-state index contributed by atoms with van der Waals surface area (Å²) in [6.07, 6.45) is 8.74. The first-order chi connectivity index (χ1) is 6.25. The third-order valence-corrected chi connectivity index (χ3v) is 3.34. The molecule has 13 heavy (non-hydrogen) atoms. The Bertz CT molecular complexity index is 208. The number of hydrogen-bond donors (Lipinski definition) is 0. The largest absolute Gasteiger partial charge is 0.293 e. The Morgan fingerprint density at radius 2 is 2.31 bits per heavy atom. The third kappa shape index (κ3) is 3.26.